The molecule has 0 N–H and O–H groups in total. The normalized spacial score (nSPS) is 16.0. The van der Waals surface area contributed by atoms with E-state index in [1.54, 1.807) is 17.0 Å². The summed E-state index contributed by atoms with van der Waals surface area (Å²) in [5.74, 6) is -0.149. The fourth-order valence-corrected chi connectivity index (χ4v) is 2.74. The van der Waals surface area contributed by atoms with Crippen LogP contribution in [0.1, 0.15) is 17.5 Å². The third-order valence-electron chi connectivity index (χ3n) is 4.10. The third kappa shape index (κ3) is 3.55. The van der Waals surface area contributed by atoms with Crippen LogP contribution < -0.4 is 9.64 Å². The first-order chi connectivity index (χ1) is 12.1. The van der Waals surface area contributed by atoms with Crippen LogP contribution in [0.5, 0.6) is 5.75 Å². The Morgan fingerprint density at radius 1 is 1.24 bits per heavy atom. The van der Waals surface area contributed by atoms with E-state index < -0.39 is 12.1 Å². The van der Waals surface area contributed by atoms with Gasteiger partial charge in [-0.3, -0.25) is 9.59 Å². The van der Waals surface area contributed by atoms with Crippen molar-refractivity contribution in [2.45, 2.75) is 19.1 Å². The number of nitrogens with zero attached hydrogens (tertiary/aromatic N) is 1. The van der Waals surface area contributed by atoms with Crippen molar-refractivity contribution in [2.75, 3.05) is 12.0 Å². The number of ether oxygens (including phenoxy) is 2. The van der Waals surface area contributed by atoms with Crippen LogP contribution in [-0.2, 0) is 20.9 Å². The zero-order valence-corrected chi connectivity index (χ0v) is 14.0. The molecular formula is C20H19NO4. The second kappa shape index (κ2) is 7.21. The third-order valence-corrected chi connectivity index (χ3v) is 4.10. The summed E-state index contributed by atoms with van der Waals surface area (Å²) in [6.45, 7) is 4.14. The maximum absolute atomic E-state index is 12.8. The van der Waals surface area contributed by atoms with E-state index in [0.717, 1.165) is 11.1 Å². The van der Waals surface area contributed by atoms with Gasteiger partial charge >= 0.3 is 5.97 Å². The maximum atomic E-state index is 12.8. The fraction of sp³-hybridized carbons (Fsp3) is 0.200. The van der Waals surface area contributed by atoms with Crippen LogP contribution in [0.3, 0.4) is 0 Å². The number of methoxy groups -OCH3 is 1. The smallest absolute Gasteiger partial charge is 0.309 e. The Labute approximate surface area is 146 Å². The van der Waals surface area contributed by atoms with E-state index in [1.807, 2.05) is 42.5 Å². The number of carbonyl (C=O) groups is 2. The summed E-state index contributed by atoms with van der Waals surface area (Å²) in [5, 5.41) is 0. The number of benzene rings is 2. The van der Waals surface area contributed by atoms with E-state index in [4.69, 9.17) is 4.74 Å². The fourth-order valence-electron chi connectivity index (χ4n) is 2.74. The quantitative estimate of drug-likeness (QED) is 0.786. The van der Waals surface area contributed by atoms with Gasteiger partial charge in [-0.1, -0.05) is 49.1 Å². The van der Waals surface area contributed by atoms with Crippen molar-refractivity contribution in [1.82, 2.24) is 0 Å². The van der Waals surface area contributed by atoms with E-state index in [0.29, 0.717) is 18.0 Å². The van der Waals surface area contributed by atoms with Gasteiger partial charge in [0.25, 0.3) is 5.91 Å². The molecule has 25 heavy (non-hydrogen) atoms. The number of para-hydroxylation sites is 2. The molecule has 1 atom stereocenters. The van der Waals surface area contributed by atoms with E-state index in [-0.39, 0.29) is 12.3 Å². The molecule has 1 aliphatic rings. The van der Waals surface area contributed by atoms with Crippen molar-refractivity contribution in [2.24, 2.45) is 0 Å². The Morgan fingerprint density at radius 3 is 2.64 bits per heavy atom. The van der Waals surface area contributed by atoms with Gasteiger partial charge in [0.05, 0.1) is 25.8 Å². The topological polar surface area (TPSA) is 55.8 Å². The number of fused-ring (bicyclic) bond motifs is 1. The number of hydrogen-bond donors (Lipinski definition) is 0. The number of esters is 1. The molecule has 0 radical (unpaired) electrons. The van der Waals surface area contributed by atoms with Gasteiger partial charge in [-0.05, 0) is 23.3 Å². The molecule has 0 fully saturated rings. The van der Waals surface area contributed by atoms with Gasteiger partial charge in [-0.25, -0.2) is 0 Å². The van der Waals surface area contributed by atoms with Gasteiger partial charge in [0.2, 0.25) is 0 Å². The molecule has 3 rings (SSSR count). The molecule has 1 amide bonds. The highest BCUT2D eigenvalue weighted by Gasteiger charge is 2.35. The molecule has 0 unspecified atom stereocenters. The molecule has 5 heteroatoms. The molecular weight excluding hydrogens is 318 g/mol. The van der Waals surface area contributed by atoms with Crippen LogP contribution in [0, 0.1) is 0 Å². The largest absolute Gasteiger partial charge is 0.478 e. The zero-order chi connectivity index (χ0) is 17.8. The molecule has 0 bridgehead atoms. The molecule has 128 valence electrons. The molecule has 1 aliphatic heterocycles. The summed E-state index contributed by atoms with van der Waals surface area (Å²) in [5.41, 5.74) is 2.69. The van der Waals surface area contributed by atoms with Gasteiger partial charge in [-0.2, -0.15) is 0 Å². The maximum Gasteiger partial charge on any atom is 0.309 e. The highest BCUT2D eigenvalue weighted by Crippen LogP contribution is 2.35. The number of rotatable bonds is 5. The molecule has 2 aromatic rings. The van der Waals surface area contributed by atoms with Gasteiger partial charge in [0, 0.05) is 0 Å². The molecule has 2 aromatic carbocycles. The Morgan fingerprint density at radius 2 is 1.96 bits per heavy atom. The van der Waals surface area contributed by atoms with Crippen LogP contribution >= 0.6 is 0 Å². The molecule has 0 saturated carbocycles. The van der Waals surface area contributed by atoms with Crippen LogP contribution in [0.15, 0.2) is 55.1 Å². The number of carbonyl (C=O) groups excluding carboxylic acids is 2. The minimum absolute atomic E-state index is 0.116. The molecule has 0 aromatic heterocycles. The Balaban J connectivity index is 1.90. The van der Waals surface area contributed by atoms with Gasteiger partial charge < -0.3 is 14.4 Å². The van der Waals surface area contributed by atoms with Gasteiger partial charge in [0.15, 0.2) is 6.10 Å². The predicted octanol–water partition coefficient (Wildman–Crippen LogP) is 3.19. The number of amides is 1. The first kappa shape index (κ1) is 16.8. The summed E-state index contributed by atoms with van der Waals surface area (Å²) in [7, 11) is 1.29. The lowest BCUT2D eigenvalue weighted by Crippen LogP contribution is -2.46. The van der Waals surface area contributed by atoms with E-state index >= 15 is 0 Å². The van der Waals surface area contributed by atoms with E-state index in [2.05, 4.69) is 11.3 Å². The van der Waals surface area contributed by atoms with Crippen molar-refractivity contribution in [3.8, 4) is 5.75 Å². The summed E-state index contributed by atoms with van der Waals surface area (Å²) < 4.78 is 10.4. The van der Waals surface area contributed by atoms with Crippen LogP contribution in [0.2, 0.25) is 0 Å². The van der Waals surface area contributed by atoms with Crippen molar-refractivity contribution >= 4 is 23.6 Å². The highest BCUT2D eigenvalue weighted by molar-refractivity contribution is 6.01. The summed E-state index contributed by atoms with van der Waals surface area (Å²) in [4.78, 5) is 26.1. The second-order valence-electron chi connectivity index (χ2n) is 5.72. The van der Waals surface area contributed by atoms with E-state index in [9.17, 15) is 9.59 Å². The Kier molecular flexibility index (Phi) is 4.84. The summed E-state index contributed by atoms with van der Waals surface area (Å²) >= 11 is 0. The average molecular weight is 337 g/mol. The first-order valence-corrected chi connectivity index (χ1v) is 7.97. The number of anilines is 1. The van der Waals surface area contributed by atoms with Gasteiger partial charge in [0.1, 0.15) is 5.75 Å². The lowest BCUT2D eigenvalue weighted by Gasteiger charge is -2.34. The average Bonchev–Trinajstić information content (AvgIpc) is 2.65. The molecule has 5 nitrogen and oxygen atoms in total. The molecule has 0 aliphatic carbocycles. The monoisotopic (exact) mass is 337 g/mol. The highest BCUT2D eigenvalue weighted by atomic mass is 16.5. The predicted molar refractivity (Wildman–Crippen MR) is 95.2 cm³/mol. The summed E-state index contributed by atoms with van der Waals surface area (Å²) in [6, 6.07) is 15.1. The minimum atomic E-state index is -0.880. The van der Waals surface area contributed by atoms with Gasteiger partial charge in [-0.15, -0.1) is 0 Å². The Bertz CT molecular complexity index is 798. The van der Waals surface area contributed by atoms with Crippen molar-refractivity contribution < 1.29 is 19.1 Å². The van der Waals surface area contributed by atoms with Crippen molar-refractivity contribution in [3.05, 3.63) is 66.2 Å². The zero-order valence-electron chi connectivity index (χ0n) is 14.0. The number of hydrogen-bond acceptors (Lipinski definition) is 4. The summed E-state index contributed by atoms with van der Waals surface area (Å²) in [6.07, 6.45) is 0.774. The Hall–Kier alpha value is -3.08. The second-order valence-corrected chi connectivity index (χ2v) is 5.72. The van der Waals surface area contributed by atoms with Crippen LogP contribution in [-0.4, -0.2) is 25.1 Å². The first-order valence-electron chi connectivity index (χ1n) is 7.97. The standard InChI is InChI=1S/C20H19NO4/c1-3-14-8-10-15(11-9-14)13-21-16-6-4-5-7-17(16)25-18(20(21)23)12-19(22)24-2/h3-11,18H,1,12-13H2,2H3/t18-/m1/s1. The molecule has 0 saturated heterocycles. The van der Waals surface area contributed by atoms with Crippen molar-refractivity contribution in [3.63, 3.8) is 0 Å². The van der Waals surface area contributed by atoms with Crippen LogP contribution in [0.4, 0.5) is 5.69 Å². The van der Waals surface area contributed by atoms with E-state index in [1.165, 1.54) is 7.11 Å². The minimum Gasteiger partial charge on any atom is -0.478 e. The lowest BCUT2D eigenvalue weighted by molar-refractivity contribution is -0.145. The molecule has 1 heterocycles. The SMILES string of the molecule is C=Cc1ccc(CN2C(=O)[C@@H](CC(=O)OC)Oc3ccccc32)cc1. The molecule has 0 spiro atoms. The van der Waals surface area contributed by atoms with Crippen molar-refractivity contribution in [1.29, 1.82) is 0 Å². The van der Waals surface area contributed by atoms with Crippen LogP contribution in [0.25, 0.3) is 6.08 Å². The lowest BCUT2D eigenvalue weighted by atomic mass is 10.1.